The Labute approximate surface area is 127 Å². The van der Waals surface area contributed by atoms with Crippen LogP contribution in [-0.2, 0) is 12.8 Å². The van der Waals surface area contributed by atoms with Crippen molar-refractivity contribution in [3.63, 3.8) is 0 Å². The van der Waals surface area contributed by atoms with Crippen molar-refractivity contribution in [2.75, 3.05) is 0 Å². The lowest BCUT2D eigenvalue weighted by Gasteiger charge is -2.16. The van der Waals surface area contributed by atoms with Crippen LogP contribution < -0.4 is 11.3 Å². The van der Waals surface area contributed by atoms with Crippen LogP contribution in [0.1, 0.15) is 29.8 Å². The molecule has 1 heterocycles. The zero-order valence-corrected chi connectivity index (χ0v) is 13.1. The van der Waals surface area contributed by atoms with E-state index in [4.69, 9.17) is 5.84 Å². The van der Waals surface area contributed by atoms with E-state index in [1.165, 1.54) is 14.7 Å². The van der Waals surface area contributed by atoms with Crippen LogP contribution >= 0.6 is 22.6 Å². The maximum absolute atomic E-state index is 5.67. The number of rotatable bonds is 5. The number of benzene rings is 1. The predicted molar refractivity (Wildman–Crippen MR) is 86.5 cm³/mol. The lowest BCUT2D eigenvalue weighted by Crippen LogP contribution is -2.29. The van der Waals surface area contributed by atoms with Crippen LogP contribution in [-0.4, -0.2) is 4.98 Å². The highest BCUT2D eigenvalue weighted by Gasteiger charge is 2.11. The molecule has 0 aliphatic rings. The number of hydrogen-bond donors (Lipinski definition) is 2. The average molecular weight is 367 g/mol. The Balaban J connectivity index is 2.11. The summed E-state index contributed by atoms with van der Waals surface area (Å²) in [6.07, 6.45) is 3.75. The number of hydrazine groups is 1. The van der Waals surface area contributed by atoms with Gasteiger partial charge in [0, 0.05) is 21.9 Å². The largest absolute Gasteiger partial charge is 0.271 e. The minimum atomic E-state index is 0.0944. The molecule has 1 unspecified atom stereocenters. The molecule has 0 aliphatic carbocycles. The van der Waals surface area contributed by atoms with E-state index < -0.39 is 0 Å². The summed E-state index contributed by atoms with van der Waals surface area (Å²) in [5.41, 5.74) is 6.37. The quantitative estimate of drug-likeness (QED) is 0.485. The van der Waals surface area contributed by atoms with Gasteiger partial charge in [0.1, 0.15) is 0 Å². The van der Waals surface area contributed by atoms with Gasteiger partial charge in [-0.05, 0) is 58.3 Å². The molecule has 0 amide bonds. The van der Waals surface area contributed by atoms with Gasteiger partial charge < -0.3 is 0 Å². The second-order valence-electron chi connectivity index (χ2n) is 4.49. The Bertz CT molecular complexity index is 508. The third-order valence-corrected chi connectivity index (χ3v) is 3.90. The summed E-state index contributed by atoms with van der Waals surface area (Å²) >= 11 is 2.30. The molecule has 0 fully saturated rings. The molecule has 4 heteroatoms. The molecule has 2 rings (SSSR count). The molecule has 1 aromatic carbocycles. The van der Waals surface area contributed by atoms with Crippen LogP contribution in [0, 0.1) is 3.57 Å². The highest BCUT2D eigenvalue weighted by atomic mass is 127. The Morgan fingerprint density at radius 3 is 2.47 bits per heavy atom. The number of halogens is 1. The van der Waals surface area contributed by atoms with Crippen LogP contribution in [0.2, 0.25) is 0 Å². The third-order valence-electron chi connectivity index (χ3n) is 3.18. The first-order valence-corrected chi connectivity index (χ1v) is 7.46. The van der Waals surface area contributed by atoms with Gasteiger partial charge in [-0.25, -0.2) is 0 Å². The normalized spacial score (nSPS) is 12.4. The van der Waals surface area contributed by atoms with Crippen molar-refractivity contribution >= 4 is 22.6 Å². The van der Waals surface area contributed by atoms with Crippen molar-refractivity contribution in [3.05, 3.63) is 63.0 Å². The van der Waals surface area contributed by atoms with Gasteiger partial charge in [-0.1, -0.05) is 25.1 Å². The number of nitrogens with one attached hydrogen (secondary N) is 1. The lowest BCUT2D eigenvalue weighted by molar-refractivity contribution is 0.546. The number of nitrogens with two attached hydrogens (primary N) is 1. The summed E-state index contributed by atoms with van der Waals surface area (Å²) in [5.74, 6) is 5.67. The van der Waals surface area contributed by atoms with Gasteiger partial charge in [0.2, 0.25) is 0 Å². The minimum Gasteiger partial charge on any atom is -0.271 e. The van der Waals surface area contributed by atoms with E-state index in [0.29, 0.717) is 0 Å². The Hall–Kier alpha value is -0.980. The van der Waals surface area contributed by atoms with Crippen molar-refractivity contribution < 1.29 is 0 Å². The minimum absolute atomic E-state index is 0.0944. The maximum atomic E-state index is 5.67. The van der Waals surface area contributed by atoms with Crippen molar-refractivity contribution in [1.82, 2.24) is 10.4 Å². The van der Waals surface area contributed by atoms with Crippen LogP contribution in [0.5, 0.6) is 0 Å². The molecule has 3 N–H and O–H groups in total. The van der Waals surface area contributed by atoms with Crippen LogP contribution in [0.15, 0.2) is 42.6 Å². The Morgan fingerprint density at radius 2 is 1.95 bits per heavy atom. The summed E-state index contributed by atoms with van der Waals surface area (Å²) in [6, 6.07) is 12.7. The first-order chi connectivity index (χ1) is 9.22. The fourth-order valence-corrected chi connectivity index (χ4v) is 2.32. The van der Waals surface area contributed by atoms with Crippen LogP contribution in [0.3, 0.4) is 0 Å². The fraction of sp³-hybridized carbons (Fsp3) is 0.267. The number of aryl methyl sites for hydroxylation is 1. The molecule has 0 spiro atoms. The molecule has 0 bridgehead atoms. The summed E-state index contributed by atoms with van der Waals surface area (Å²) in [4.78, 5) is 4.48. The second-order valence-corrected chi connectivity index (χ2v) is 5.73. The van der Waals surface area contributed by atoms with Gasteiger partial charge in [-0.3, -0.25) is 16.3 Å². The summed E-state index contributed by atoms with van der Waals surface area (Å²) in [6.45, 7) is 2.13. The molecular formula is C15H18IN3. The van der Waals surface area contributed by atoms with E-state index in [1.807, 2.05) is 6.20 Å². The molecule has 0 saturated carbocycles. The van der Waals surface area contributed by atoms with Gasteiger partial charge in [0.05, 0.1) is 6.04 Å². The number of pyridine rings is 1. The van der Waals surface area contributed by atoms with E-state index in [9.17, 15) is 0 Å². The summed E-state index contributed by atoms with van der Waals surface area (Å²) < 4.78 is 1.22. The van der Waals surface area contributed by atoms with Crippen LogP contribution in [0.4, 0.5) is 0 Å². The zero-order chi connectivity index (χ0) is 13.7. The molecular weight excluding hydrogens is 349 g/mol. The number of hydrogen-bond acceptors (Lipinski definition) is 3. The second kappa shape index (κ2) is 6.98. The van der Waals surface area contributed by atoms with E-state index in [2.05, 4.69) is 76.3 Å². The molecule has 1 aromatic heterocycles. The average Bonchev–Trinajstić information content (AvgIpc) is 2.46. The van der Waals surface area contributed by atoms with Gasteiger partial charge >= 0.3 is 0 Å². The Morgan fingerprint density at radius 1 is 1.21 bits per heavy atom. The van der Waals surface area contributed by atoms with Gasteiger partial charge in [0.15, 0.2) is 0 Å². The molecule has 100 valence electrons. The standard InChI is InChI=1S/C15H18IN3/c1-2-11-3-8-14(18-10-11)9-15(19-17)12-4-6-13(16)7-5-12/h3-8,10,15,19H,2,9,17H2,1H3. The van der Waals surface area contributed by atoms with E-state index >= 15 is 0 Å². The van der Waals surface area contributed by atoms with Crippen LogP contribution in [0.25, 0.3) is 0 Å². The molecule has 0 aliphatic heterocycles. The summed E-state index contributed by atoms with van der Waals surface area (Å²) in [7, 11) is 0. The smallest absolute Gasteiger partial charge is 0.0515 e. The topological polar surface area (TPSA) is 50.9 Å². The van der Waals surface area contributed by atoms with E-state index in [0.717, 1.165) is 18.5 Å². The monoisotopic (exact) mass is 367 g/mol. The van der Waals surface area contributed by atoms with Gasteiger partial charge in [-0.15, -0.1) is 0 Å². The fourth-order valence-electron chi connectivity index (χ4n) is 1.96. The van der Waals surface area contributed by atoms with Gasteiger partial charge in [-0.2, -0.15) is 0 Å². The third kappa shape index (κ3) is 3.99. The number of aromatic nitrogens is 1. The van der Waals surface area contributed by atoms with Crippen molar-refractivity contribution in [2.45, 2.75) is 25.8 Å². The molecule has 19 heavy (non-hydrogen) atoms. The summed E-state index contributed by atoms with van der Waals surface area (Å²) in [5, 5.41) is 0. The zero-order valence-electron chi connectivity index (χ0n) is 10.9. The Kier molecular flexibility index (Phi) is 5.30. The first-order valence-electron chi connectivity index (χ1n) is 6.38. The molecule has 1 atom stereocenters. The maximum Gasteiger partial charge on any atom is 0.0515 e. The van der Waals surface area contributed by atoms with Crippen molar-refractivity contribution in [2.24, 2.45) is 5.84 Å². The van der Waals surface area contributed by atoms with Gasteiger partial charge in [0.25, 0.3) is 0 Å². The molecule has 0 radical (unpaired) electrons. The van der Waals surface area contributed by atoms with Crippen molar-refractivity contribution in [3.8, 4) is 0 Å². The molecule has 3 nitrogen and oxygen atoms in total. The molecule has 0 saturated heterocycles. The van der Waals surface area contributed by atoms with E-state index in [1.54, 1.807) is 0 Å². The van der Waals surface area contributed by atoms with E-state index in [-0.39, 0.29) is 6.04 Å². The highest BCUT2D eigenvalue weighted by Crippen LogP contribution is 2.18. The SMILES string of the molecule is CCc1ccc(CC(NN)c2ccc(I)cc2)nc1. The van der Waals surface area contributed by atoms with Crippen molar-refractivity contribution in [1.29, 1.82) is 0 Å². The molecule has 2 aromatic rings. The highest BCUT2D eigenvalue weighted by molar-refractivity contribution is 14.1. The number of nitrogens with zero attached hydrogens (tertiary/aromatic N) is 1. The lowest BCUT2D eigenvalue weighted by atomic mass is 10.0. The first kappa shape index (κ1) is 14.4. The predicted octanol–water partition coefficient (Wildman–Crippen LogP) is 3.00.